The summed E-state index contributed by atoms with van der Waals surface area (Å²) in [7, 11) is 0. The number of fused-ring (bicyclic) bond motifs is 1. The highest BCUT2D eigenvalue weighted by Gasteiger charge is 2.19. The fourth-order valence-corrected chi connectivity index (χ4v) is 3.91. The Morgan fingerprint density at radius 2 is 1.89 bits per heavy atom. The van der Waals surface area contributed by atoms with Crippen molar-refractivity contribution in [1.29, 1.82) is 0 Å². The van der Waals surface area contributed by atoms with E-state index in [4.69, 9.17) is 11.6 Å². The Kier molecular flexibility index (Phi) is 6.65. The summed E-state index contributed by atoms with van der Waals surface area (Å²) in [5, 5.41) is 10.0. The molecule has 0 aliphatic heterocycles. The number of anilines is 2. The molecular formula is C24H22ClFN6O3. The number of aromatic nitrogens is 4. The first-order valence-corrected chi connectivity index (χ1v) is 11.1. The highest BCUT2D eigenvalue weighted by molar-refractivity contribution is 6.34. The number of amides is 2. The molecule has 180 valence electrons. The average Bonchev–Trinajstić information content (AvgIpc) is 3.15. The van der Waals surface area contributed by atoms with Gasteiger partial charge in [0, 0.05) is 11.4 Å². The summed E-state index contributed by atoms with van der Waals surface area (Å²) in [5.74, 6) is -1.37. The number of hydrogen-bond donors (Lipinski definition) is 2. The van der Waals surface area contributed by atoms with Crippen molar-refractivity contribution in [3.8, 4) is 0 Å². The van der Waals surface area contributed by atoms with Crippen LogP contribution in [0.3, 0.4) is 0 Å². The number of rotatable bonds is 6. The Bertz CT molecular complexity index is 1510. The summed E-state index contributed by atoms with van der Waals surface area (Å²) in [6.07, 6.45) is 1.23. The van der Waals surface area contributed by atoms with Gasteiger partial charge in [-0.3, -0.25) is 23.6 Å². The summed E-state index contributed by atoms with van der Waals surface area (Å²) in [6, 6.07) is 9.65. The lowest BCUT2D eigenvalue weighted by molar-refractivity contribution is -0.119. The van der Waals surface area contributed by atoms with Crippen molar-refractivity contribution in [2.75, 3.05) is 10.6 Å². The maximum Gasteiger partial charge on any atom is 0.261 e. The van der Waals surface area contributed by atoms with Gasteiger partial charge in [-0.2, -0.15) is 5.10 Å². The Labute approximate surface area is 204 Å². The van der Waals surface area contributed by atoms with Gasteiger partial charge < -0.3 is 10.6 Å². The number of carbonyl (C=O) groups excluding carboxylic acids is 2. The van der Waals surface area contributed by atoms with Crippen LogP contribution in [0.4, 0.5) is 15.8 Å². The number of nitrogens with zero attached hydrogens (tertiary/aromatic N) is 4. The minimum atomic E-state index is -0.565. The van der Waals surface area contributed by atoms with Crippen molar-refractivity contribution >= 4 is 45.7 Å². The lowest BCUT2D eigenvalue weighted by atomic mass is 10.2. The number of nitrogens with one attached hydrogen (secondary N) is 2. The molecule has 0 spiro atoms. The third kappa shape index (κ3) is 5.22. The zero-order chi connectivity index (χ0) is 25.3. The third-order valence-electron chi connectivity index (χ3n) is 5.40. The first-order chi connectivity index (χ1) is 16.6. The molecule has 4 rings (SSSR count). The first kappa shape index (κ1) is 24.1. The molecule has 0 aliphatic carbocycles. The smallest absolute Gasteiger partial charge is 0.261 e. The molecule has 0 radical (unpaired) electrons. The van der Waals surface area contributed by atoms with Crippen LogP contribution in [0.25, 0.3) is 10.9 Å². The second-order valence-electron chi connectivity index (χ2n) is 8.12. The molecule has 2 amide bonds. The standard InChI is InChI=1S/C24H22ClFN6O3/c1-13-8-14(2)32(30-13)15(3)23(34)29-21-7-5-17(10-19(21)25)28-22(33)11-31-12-27-20-6-4-16(26)9-18(20)24(31)35/h4-10,12,15H,11H2,1-3H3,(H,28,33)(H,29,34). The molecule has 0 fully saturated rings. The molecule has 2 heterocycles. The topological polar surface area (TPSA) is 111 Å². The van der Waals surface area contributed by atoms with E-state index in [2.05, 4.69) is 20.7 Å². The van der Waals surface area contributed by atoms with Gasteiger partial charge in [0.15, 0.2) is 0 Å². The molecule has 2 N–H and O–H groups in total. The van der Waals surface area contributed by atoms with Gasteiger partial charge in [0.05, 0.1) is 33.6 Å². The monoisotopic (exact) mass is 496 g/mol. The number of halogens is 2. The molecule has 9 nitrogen and oxygen atoms in total. The largest absolute Gasteiger partial charge is 0.324 e. The summed E-state index contributed by atoms with van der Waals surface area (Å²) in [6.45, 7) is 5.13. The van der Waals surface area contributed by atoms with Gasteiger partial charge in [-0.25, -0.2) is 9.37 Å². The molecule has 0 saturated heterocycles. The molecule has 2 aromatic heterocycles. The fraction of sp³-hybridized carbons (Fsp3) is 0.208. The zero-order valence-electron chi connectivity index (χ0n) is 19.2. The van der Waals surface area contributed by atoms with E-state index in [9.17, 15) is 18.8 Å². The Morgan fingerprint density at radius 1 is 1.11 bits per heavy atom. The minimum absolute atomic E-state index is 0.0816. The Balaban J connectivity index is 1.43. The van der Waals surface area contributed by atoms with E-state index in [-0.39, 0.29) is 22.9 Å². The SMILES string of the molecule is Cc1cc(C)n(C(C)C(=O)Nc2ccc(NC(=O)Cn3cnc4ccc(F)cc4c3=O)cc2Cl)n1. The van der Waals surface area contributed by atoms with Crippen LogP contribution in [0.2, 0.25) is 5.02 Å². The van der Waals surface area contributed by atoms with Crippen LogP contribution in [-0.4, -0.2) is 31.1 Å². The maximum absolute atomic E-state index is 13.5. The molecule has 1 atom stereocenters. The second kappa shape index (κ2) is 9.67. The third-order valence-corrected chi connectivity index (χ3v) is 5.71. The predicted molar refractivity (Wildman–Crippen MR) is 131 cm³/mol. The molecule has 2 aromatic carbocycles. The van der Waals surface area contributed by atoms with Gasteiger partial charge >= 0.3 is 0 Å². The van der Waals surface area contributed by atoms with E-state index < -0.39 is 23.3 Å². The minimum Gasteiger partial charge on any atom is -0.324 e. The van der Waals surface area contributed by atoms with Crippen molar-refractivity contribution in [2.45, 2.75) is 33.4 Å². The first-order valence-electron chi connectivity index (χ1n) is 10.7. The van der Waals surface area contributed by atoms with E-state index in [1.54, 1.807) is 23.7 Å². The van der Waals surface area contributed by atoms with Gasteiger partial charge in [0.2, 0.25) is 11.8 Å². The molecular weight excluding hydrogens is 475 g/mol. The molecule has 11 heteroatoms. The van der Waals surface area contributed by atoms with Gasteiger partial charge in [-0.15, -0.1) is 0 Å². The summed E-state index contributed by atoms with van der Waals surface area (Å²) >= 11 is 6.32. The van der Waals surface area contributed by atoms with Crippen molar-refractivity contribution in [3.63, 3.8) is 0 Å². The van der Waals surface area contributed by atoms with Crippen molar-refractivity contribution < 1.29 is 14.0 Å². The van der Waals surface area contributed by atoms with Crippen molar-refractivity contribution in [3.05, 3.63) is 81.4 Å². The molecule has 0 saturated carbocycles. The molecule has 35 heavy (non-hydrogen) atoms. The Hall–Kier alpha value is -4.05. The van der Waals surface area contributed by atoms with Crippen molar-refractivity contribution in [2.24, 2.45) is 0 Å². The Morgan fingerprint density at radius 3 is 2.57 bits per heavy atom. The summed E-state index contributed by atoms with van der Waals surface area (Å²) in [5.41, 5.74) is 2.23. The summed E-state index contributed by atoms with van der Waals surface area (Å²) < 4.78 is 16.2. The predicted octanol–water partition coefficient (Wildman–Crippen LogP) is 3.84. The van der Waals surface area contributed by atoms with Crippen LogP contribution in [0, 0.1) is 19.7 Å². The van der Waals surface area contributed by atoms with Gasteiger partial charge in [-0.1, -0.05) is 11.6 Å². The maximum atomic E-state index is 13.5. The lowest BCUT2D eigenvalue weighted by Gasteiger charge is -2.16. The van der Waals surface area contributed by atoms with E-state index in [0.29, 0.717) is 16.9 Å². The highest BCUT2D eigenvalue weighted by Crippen LogP contribution is 2.26. The fourth-order valence-electron chi connectivity index (χ4n) is 3.68. The van der Waals surface area contributed by atoms with E-state index in [0.717, 1.165) is 22.0 Å². The summed E-state index contributed by atoms with van der Waals surface area (Å²) in [4.78, 5) is 41.8. The number of carbonyl (C=O) groups is 2. The second-order valence-corrected chi connectivity index (χ2v) is 8.53. The van der Waals surface area contributed by atoms with Gasteiger partial charge in [0.25, 0.3) is 5.56 Å². The number of aryl methyl sites for hydroxylation is 2. The van der Waals surface area contributed by atoms with Gasteiger partial charge in [-0.05, 0) is 63.2 Å². The van der Waals surface area contributed by atoms with Crippen LogP contribution in [0.5, 0.6) is 0 Å². The number of benzene rings is 2. The highest BCUT2D eigenvalue weighted by atomic mass is 35.5. The van der Waals surface area contributed by atoms with E-state index in [1.165, 1.54) is 24.5 Å². The van der Waals surface area contributed by atoms with E-state index in [1.807, 2.05) is 19.9 Å². The quantitative estimate of drug-likeness (QED) is 0.421. The van der Waals surface area contributed by atoms with Crippen LogP contribution < -0.4 is 16.2 Å². The normalized spacial score (nSPS) is 11.9. The number of hydrogen-bond acceptors (Lipinski definition) is 5. The lowest BCUT2D eigenvalue weighted by Crippen LogP contribution is -2.28. The zero-order valence-corrected chi connectivity index (χ0v) is 19.9. The molecule has 0 bridgehead atoms. The molecule has 0 aliphatic rings. The molecule has 1 unspecified atom stereocenters. The molecule has 4 aromatic rings. The van der Waals surface area contributed by atoms with Crippen molar-refractivity contribution in [1.82, 2.24) is 19.3 Å². The average molecular weight is 497 g/mol. The van der Waals surface area contributed by atoms with Crippen LogP contribution in [0.15, 0.2) is 53.6 Å². The van der Waals surface area contributed by atoms with Crippen LogP contribution in [-0.2, 0) is 16.1 Å². The van der Waals surface area contributed by atoms with E-state index >= 15 is 0 Å². The van der Waals surface area contributed by atoms with Crippen LogP contribution >= 0.6 is 11.6 Å². The van der Waals surface area contributed by atoms with Crippen LogP contribution in [0.1, 0.15) is 24.4 Å². The van der Waals surface area contributed by atoms with Gasteiger partial charge in [0.1, 0.15) is 18.4 Å².